The van der Waals surface area contributed by atoms with Crippen LogP contribution in [0.3, 0.4) is 0 Å². The lowest BCUT2D eigenvalue weighted by Gasteiger charge is -2.21. The molecule has 0 saturated carbocycles. The van der Waals surface area contributed by atoms with E-state index < -0.39 is 5.91 Å². The highest BCUT2D eigenvalue weighted by molar-refractivity contribution is 6.30. The fourth-order valence-electron chi connectivity index (χ4n) is 2.85. The Morgan fingerprint density at radius 2 is 1.90 bits per heavy atom. The Labute approximate surface area is 179 Å². The summed E-state index contributed by atoms with van der Waals surface area (Å²) in [4.78, 5) is 24.4. The number of rotatable bonds is 7. The molecule has 2 amide bonds. The van der Waals surface area contributed by atoms with Crippen LogP contribution >= 0.6 is 11.6 Å². The molecular formula is C21H23ClN2O6. The second-order valence-electron chi connectivity index (χ2n) is 6.57. The number of hydrazine groups is 1. The molecule has 0 spiro atoms. The number of hydrogen-bond acceptors (Lipinski definition) is 6. The Morgan fingerprint density at radius 1 is 1.10 bits per heavy atom. The number of halogens is 1. The zero-order chi connectivity index (χ0) is 21.5. The molecule has 2 N–H and O–H groups in total. The maximum atomic E-state index is 12.4. The van der Waals surface area contributed by atoms with E-state index in [0.717, 1.165) is 11.3 Å². The molecule has 0 fully saturated rings. The molecule has 0 atom stereocenters. The number of amides is 2. The lowest BCUT2D eigenvalue weighted by Crippen LogP contribution is -2.41. The first-order valence-electron chi connectivity index (χ1n) is 9.43. The van der Waals surface area contributed by atoms with Gasteiger partial charge in [0.25, 0.3) is 5.91 Å². The summed E-state index contributed by atoms with van der Waals surface area (Å²) in [6.07, 6.45) is 0.680. The van der Waals surface area contributed by atoms with Gasteiger partial charge in [-0.05, 0) is 49.2 Å². The molecule has 1 heterocycles. The summed E-state index contributed by atoms with van der Waals surface area (Å²) in [5.41, 5.74) is 5.98. The number of benzene rings is 2. The molecule has 8 nitrogen and oxygen atoms in total. The van der Waals surface area contributed by atoms with Gasteiger partial charge in [-0.1, -0.05) is 11.6 Å². The summed E-state index contributed by atoms with van der Waals surface area (Å²) in [5.74, 6) is 1.17. The summed E-state index contributed by atoms with van der Waals surface area (Å²) in [6, 6.07) is 8.42. The zero-order valence-corrected chi connectivity index (χ0v) is 17.5. The van der Waals surface area contributed by atoms with Crippen LogP contribution in [0.2, 0.25) is 5.02 Å². The van der Waals surface area contributed by atoms with Gasteiger partial charge in [0.05, 0.1) is 13.7 Å². The highest BCUT2D eigenvalue weighted by Gasteiger charge is 2.21. The van der Waals surface area contributed by atoms with Crippen LogP contribution in [0.4, 0.5) is 0 Å². The quantitative estimate of drug-likeness (QED) is 0.513. The van der Waals surface area contributed by atoms with Gasteiger partial charge in [0.2, 0.25) is 11.7 Å². The van der Waals surface area contributed by atoms with Gasteiger partial charge in [0, 0.05) is 17.0 Å². The van der Waals surface area contributed by atoms with Gasteiger partial charge >= 0.3 is 0 Å². The van der Waals surface area contributed by atoms with Crippen molar-refractivity contribution in [2.75, 3.05) is 26.9 Å². The lowest BCUT2D eigenvalue weighted by molar-refractivity contribution is -0.122. The number of carbonyl (C=O) groups is 2. The molecule has 0 radical (unpaired) electrons. The summed E-state index contributed by atoms with van der Waals surface area (Å²) in [7, 11) is 1.48. The van der Waals surface area contributed by atoms with Crippen LogP contribution in [0, 0.1) is 6.92 Å². The summed E-state index contributed by atoms with van der Waals surface area (Å²) in [5, 5.41) is 0.644. The van der Waals surface area contributed by atoms with E-state index in [1.807, 2.05) is 13.0 Å². The summed E-state index contributed by atoms with van der Waals surface area (Å²) >= 11 is 5.91. The number of fused-ring (bicyclic) bond motifs is 1. The number of ether oxygens (including phenoxy) is 4. The van der Waals surface area contributed by atoms with Crippen molar-refractivity contribution in [1.82, 2.24) is 10.9 Å². The molecule has 9 heteroatoms. The Balaban J connectivity index is 1.45. The first-order chi connectivity index (χ1) is 14.5. The normalized spacial score (nSPS) is 12.1. The summed E-state index contributed by atoms with van der Waals surface area (Å²) in [6.45, 7) is 3.06. The Morgan fingerprint density at radius 3 is 2.67 bits per heavy atom. The van der Waals surface area contributed by atoms with E-state index in [1.54, 1.807) is 18.2 Å². The van der Waals surface area contributed by atoms with E-state index in [0.29, 0.717) is 48.5 Å². The highest BCUT2D eigenvalue weighted by atomic mass is 35.5. The minimum absolute atomic E-state index is 0.192. The van der Waals surface area contributed by atoms with E-state index in [2.05, 4.69) is 10.9 Å². The molecule has 0 saturated heterocycles. The molecule has 1 aliphatic heterocycles. The molecule has 160 valence electrons. The minimum atomic E-state index is -0.494. The van der Waals surface area contributed by atoms with E-state index >= 15 is 0 Å². The van der Waals surface area contributed by atoms with E-state index in [-0.39, 0.29) is 17.9 Å². The molecule has 30 heavy (non-hydrogen) atoms. The molecular weight excluding hydrogens is 412 g/mol. The number of methoxy groups -OCH3 is 1. The van der Waals surface area contributed by atoms with Crippen LogP contribution in [0.1, 0.15) is 28.8 Å². The maximum absolute atomic E-state index is 12.4. The van der Waals surface area contributed by atoms with Crippen LogP contribution in [-0.2, 0) is 4.79 Å². The zero-order valence-electron chi connectivity index (χ0n) is 16.7. The van der Waals surface area contributed by atoms with Crippen molar-refractivity contribution in [3.8, 4) is 23.0 Å². The molecule has 1 aliphatic rings. The topological polar surface area (TPSA) is 95.1 Å². The van der Waals surface area contributed by atoms with E-state index in [4.69, 9.17) is 30.5 Å². The van der Waals surface area contributed by atoms with E-state index in [9.17, 15) is 9.59 Å². The summed E-state index contributed by atoms with van der Waals surface area (Å²) < 4.78 is 21.9. The number of carbonyl (C=O) groups excluding carboxylic acids is 2. The van der Waals surface area contributed by atoms with Crippen molar-refractivity contribution >= 4 is 23.4 Å². The van der Waals surface area contributed by atoms with Crippen LogP contribution < -0.4 is 29.8 Å². The van der Waals surface area contributed by atoms with E-state index in [1.165, 1.54) is 13.2 Å². The number of nitrogens with one attached hydrogen (secondary N) is 2. The third-order valence-electron chi connectivity index (χ3n) is 4.35. The van der Waals surface area contributed by atoms with Gasteiger partial charge in [-0.3, -0.25) is 20.4 Å². The third kappa shape index (κ3) is 5.48. The second kappa shape index (κ2) is 10.1. The molecule has 0 aromatic heterocycles. The van der Waals surface area contributed by atoms with Gasteiger partial charge in [-0.15, -0.1) is 0 Å². The van der Waals surface area contributed by atoms with Crippen molar-refractivity contribution < 1.29 is 28.5 Å². The SMILES string of the molecule is COc1cc(C(=O)NNC(=O)CCCOc2ccc(Cl)cc2C)cc2c1OCCO2. The molecule has 2 aromatic carbocycles. The fourth-order valence-corrected chi connectivity index (χ4v) is 3.08. The van der Waals surface area contributed by atoms with Crippen LogP contribution in [0.25, 0.3) is 0 Å². The third-order valence-corrected chi connectivity index (χ3v) is 4.58. The number of aryl methyl sites for hydroxylation is 1. The standard InChI is InChI=1S/C21H23ClN2O6/c1-13-10-15(22)5-6-16(13)28-7-3-4-19(25)23-24-21(26)14-11-17(27-2)20-18(12-14)29-8-9-30-20/h5-6,10-12H,3-4,7-9H2,1-2H3,(H,23,25)(H,24,26). The van der Waals surface area contributed by atoms with Crippen molar-refractivity contribution in [3.05, 3.63) is 46.5 Å². The van der Waals surface area contributed by atoms with Gasteiger partial charge in [0.1, 0.15) is 19.0 Å². The van der Waals surface area contributed by atoms with Crippen molar-refractivity contribution in [2.24, 2.45) is 0 Å². The Bertz CT molecular complexity index is 917. The smallest absolute Gasteiger partial charge is 0.269 e. The maximum Gasteiger partial charge on any atom is 0.269 e. The lowest BCUT2D eigenvalue weighted by atomic mass is 10.1. The average Bonchev–Trinajstić information content (AvgIpc) is 2.75. The fraction of sp³-hybridized carbons (Fsp3) is 0.333. The highest BCUT2D eigenvalue weighted by Crippen LogP contribution is 2.40. The number of hydrogen-bond donors (Lipinski definition) is 2. The minimum Gasteiger partial charge on any atom is -0.493 e. The van der Waals surface area contributed by atoms with Gasteiger partial charge < -0.3 is 18.9 Å². The van der Waals surface area contributed by atoms with Crippen molar-refractivity contribution in [3.63, 3.8) is 0 Å². The van der Waals surface area contributed by atoms with Crippen LogP contribution in [0.15, 0.2) is 30.3 Å². The van der Waals surface area contributed by atoms with Crippen molar-refractivity contribution in [2.45, 2.75) is 19.8 Å². The predicted octanol–water partition coefficient (Wildman–Crippen LogP) is 3.05. The van der Waals surface area contributed by atoms with Crippen LogP contribution in [-0.4, -0.2) is 38.7 Å². The van der Waals surface area contributed by atoms with Gasteiger partial charge in [0.15, 0.2) is 11.5 Å². The van der Waals surface area contributed by atoms with Crippen LogP contribution in [0.5, 0.6) is 23.0 Å². The monoisotopic (exact) mass is 434 g/mol. The molecule has 0 unspecified atom stereocenters. The van der Waals surface area contributed by atoms with Crippen molar-refractivity contribution in [1.29, 1.82) is 0 Å². The predicted molar refractivity (Wildman–Crippen MR) is 111 cm³/mol. The second-order valence-corrected chi connectivity index (χ2v) is 7.00. The average molecular weight is 435 g/mol. The molecule has 0 bridgehead atoms. The first-order valence-corrected chi connectivity index (χ1v) is 9.81. The Hall–Kier alpha value is -3.13. The largest absolute Gasteiger partial charge is 0.493 e. The van der Waals surface area contributed by atoms with Gasteiger partial charge in [-0.25, -0.2) is 0 Å². The Kier molecular flexibility index (Phi) is 7.24. The molecule has 2 aromatic rings. The van der Waals surface area contributed by atoms with Gasteiger partial charge in [-0.2, -0.15) is 0 Å². The molecule has 0 aliphatic carbocycles. The first kappa shape index (κ1) is 21.6. The molecule has 3 rings (SSSR count).